The first-order chi connectivity index (χ1) is 15.5. The van der Waals surface area contributed by atoms with E-state index in [9.17, 15) is 4.79 Å². The van der Waals surface area contributed by atoms with Gasteiger partial charge in [-0.1, -0.05) is 23.4 Å². The molecule has 1 aromatic carbocycles. The van der Waals surface area contributed by atoms with Gasteiger partial charge in [-0.05, 0) is 56.2 Å². The molecule has 0 saturated carbocycles. The van der Waals surface area contributed by atoms with E-state index in [1.165, 1.54) is 18.0 Å². The van der Waals surface area contributed by atoms with Crippen LogP contribution < -0.4 is 10.1 Å². The summed E-state index contributed by atoms with van der Waals surface area (Å²) in [6.07, 6.45) is 3.63. The van der Waals surface area contributed by atoms with Gasteiger partial charge in [0.2, 0.25) is 5.91 Å². The first-order valence-electron chi connectivity index (χ1n) is 10.3. The average Bonchev–Trinajstić information content (AvgIpc) is 3.46. The Bertz CT molecular complexity index is 1050. The van der Waals surface area contributed by atoms with Crippen molar-refractivity contribution >= 4 is 35.1 Å². The highest BCUT2D eigenvalue weighted by molar-refractivity contribution is 8.00. The number of thioether (sulfide) groups is 1. The zero-order chi connectivity index (χ0) is 22.5. The number of hydrogen-bond acceptors (Lipinski definition) is 7. The fourth-order valence-corrected chi connectivity index (χ4v) is 4.35. The first-order valence-corrected chi connectivity index (χ1v) is 11.6. The maximum Gasteiger partial charge on any atom is 0.238 e. The van der Waals surface area contributed by atoms with Crippen LogP contribution in [0.2, 0.25) is 5.02 Å². The average molecular weight is 474 g/mol. The standard InChI is InChI=1S/C22H24ClN5O3S/c1-14(21(29)25-19-10-7-16(23)12-24-19)32-22-27-26-20(15-5-8-17(30-2)9-6-15)28(22)13-18-4-3-11-31-18/h5-10,12,14,18H,3-4,11,13H2,1-2H3,(H,24,25,29)/t14-,18-/m0/s1. The lowest BCUT2D eigenvalue weighted by Crippen LogP contribution is -2.24. The zero-order valence-electron chi connectivity index (χ0n) is 17.8. The molecule has 0 radical (unpaired) electrons. The molecule has 0 bridgehead atoms. The Kier molecular flexibility index (Phi) is 7.29. The monoisotopic (exact) mass is 473 g/mol. The highest BCUT2D eigenvalue weighted by atomic mass is 35.5. The normalized spacial score (nSPS) is 16.7. The van der Waals surface area contributed by atoms with Crippen LogP contribution in [0.15, 0.2) is 47.8 Å². The molecule has 0 unspecified atom stereocenters. The molecule has 1 N–H and O–H groups in total. The van der Waals surface area contributed by atoms with Gasteiger partial charge >= 0.3 is 0 Å². The number of benzene rings is 1. The number of nitrogens with zero attached hydrogens (tertiary/aromatic N) is 4. The van der Waals surface area contributed by atoms with Crippen molar-refractivity contribution < 1.29 is 14.3 Å². The number of ether oxygens (including phenoxy) is 2. The Morgan fingerprint density at radius 3 is 2.78 bits per heavy atom. The quantitative estimate of drug-likeness (QED) is 0.487. The second-order valence-corrected chi connectivity index (χ2v) is 9.14. The number of aromatic nitrogens is 4. The van der Waals surface area contributed by atoms with Gasteiger partial charge in [0.15, 0.2) is 11.0 Å². The smallest absolute Gasteiger partial charge is 0.238 e. The van der Waals surface area contributed by atoms with Crippen LogP contribution in [-0.2, 0) is 16.1 Å². The van der Waals surface area contributed by atoms with Crippen LogP contribution in [0.4, 0.5) is 5.82 Å². The van der Waals surface area contributed by atoms with Gasteiger partial charge in [0.1, 0.15) is 11.6 Å². The van der Waals surface area contributed by atoms with Gasteiger partial charge < -0.3 is 14.8 Å². The number of halogens is 1. The SMILES string of the molecule is COc1ccc(-c2nnc(S[C@@H](C)C(=O)Nc3ccc(Cl)cn3)n2C[C@@H]2CCCO2)cc1. The van der Waals surface area contributed by atoms with Crippen LogP contribution >= 0.6 is 23.4 Å². The van der Waals surface area contributed by atoms with E-state index in [1.807, 2.05) is 35.8 Å². The van der Waals surface area contributed by atoms with Crippen LogP contribution in [-0.4, -0.2) is 50.7 Å². The molecule has 1 amide bonds. The molecular formula is C22H24ClN5O3S. The number of hydrogen-bond donors (Lipinski definition) is 1. The Hall–Kier alpha value is -2.62. The van der Waals surface area contributed by atoms with Crippen LogP contribution in [0, 0.1) is 0 Å². The molecule has 0 spiro atoms. The summed E-state index contributed by atoms with van der Waals surface area (Å²) in [7, 11) is 1.63. The van der Waals surface area contributed by atoms with Gasteiger partial charge in [-0.3, -0.25) is 9.36 Å². The third-order valence-corrected chi connectivity index (χ3v) is 6.41. The lowest BCUT2D eigenvalue weighted by Gasteiger charge is -2.16. The van der Waals surface area contributed by atoms with E-state index in [4.69, 9.17) is 21.1 Å². The number of pyridine rings is 1. The number of anilines is 1. The summed E-state index contributed by atoms with van der Waals surface area (Å²) in [5, 5.41) is 12.4. The van der Waals surface area contributed by atoms with Crippen molar-refractivity contribution in [1.29, 1.82) is 0 Å². The molecule has 1 saturated heterocycles. The topological polar surface area (TPSA) is 91.2 Å². The minimum absolute atomic E-state index is 0.102. The Balaban J connectivity index is 1.54. The molecule has 2 atom stereocenters. The zero-order valence-corrected chi connectivity index (χ0v) is 19.4. The van der Waals surface area contributed by atoms with Crippen molar-refractivity contribution in [2.24, 2.45) is 0 Å². The summed E-state index contributed by atoms with van der Waals surface area (Å²) in [6, 6.07) is 11.0. The van der Waals surface area contributed by atoms with E-state index >= 15 is 0 Å². The van der Waals surface area contributed by atoms with Gasteiger partial charge in [0.05, 0.1) is 30.0 Å². The molecule has 168 valence electrons. The third-order valence-electron chi connectivity index (χ3n) is 5.11. The largest absolute Gasteiger partial charge is 0.497 e. The lowest BCUT2D eigenvalue weighted by atomic mass is 10.2. The van der Waals surface area contributed by atoms with E-state index in [-0.39, 0.29) is 12.0 Å². The third kappa shape index (κ3) is 5.40. The summed E-state index contributed by atoms with van der Waals surface area (Å²) in [5.41, 5.74) is 0.922. The predicted molar refractivity (Wildman–Crippen MR) is 124 cm³/mol. The molecular weight excluding hydrogens is 450 g/mol. The maximum atomic E-state index is 12.7. The summed E-state index contributed by atoms with van der Waals surface area (Å²) in [5.74, 6) is 1.78. The number of carbonyl (C=O) groups is 1. The van der Waals surface area contributed by atoms with Crippen LogP contribution in [0.25, 0.3) is 11.4 Å². The second-order valence-electron chi connectivity index (χ2n) is 7.39. The van der Waals surface area contributed by atoms with E-state index in [1.54, 1.807) is 19.2 Å². The Morgan fingerprint density at radius 1 is 1.31 bits per heavy atom. The molecule has 1 aliphatic rings. The number of nitrogens with one attached hydrogen (secondary N) is 1. The maximum absolute atomic E-state index is 12.7. The molecule has 10 heteroatoms. The predicted octanol–water partition coefficient (Wildman–Crippen LogP) is 4.30. The van der Waals surface area contributed by atoms with Crippen molar-refractivity contribution in [2.75, 3.05) is 19.0 Å². The first kappa shape index (κ1) is 22.6. The van der Waals surface area contributed by atoms with Crippen LogP contribution in [0.3, 0.4) is 0 Å². The van der Waals surface area contributed by atoms with E-state index in [2.05, 4.69) is 20.5 Å². The molecule has 2 aromatic heterocycles. The Labute approximate surface area is 195 Å². The highest BCUT2D eigenvalue weighted by Crippen LogP contribution is 2.30. The molecule has 32 heavy (non-hydrogen) atoms. The summed E-state index contributed by atoms with van der Waals surface area (Å²) in [6.45, 7) is 3.22. The summed E-state index contributed by atoms with van der Waals surface area (Å²) < 4.78 is 13.1. The van der Waals surface area contributed by atoms with Crippen molar-refractivity contribution in [2.45, 2.75) is 42.8 Å². The van der Waals surface area contributed by atoms with Crippen molar-refractivity contribution in [3.05, 3.63) is 47.6 Å². The molecule has 3 heterocycles. The number of methoxy groups -OCH3 is 1. The summed E-state index contributed by atoms with van der Waals surface area (Å²) >= 11 is 7.21. The van der Waals surface area contributed by atoms with Gasteiger partial charge in [-0.25, -0.2) is 4.98 Å². The van der Waals surface area contributed by atoms with Gasteiger partial charge in [0.25, 0.3) is 0 Å². The van der Waals surface area contributed by atoms with Gasteiger partial charge in [-0.2, -0.15) is 0 Å². The molecule has 0 aliphatic carbocycles. The molecule has 3 aromatic rings. The second kappa shape index (κ2) is 10.3. The Morgan fingerprint density at radius 2 is 2.12 bits per heavy atom. The fraction of sp³-hybridized carbons (Fsp3) is 0.364. The van der Waals surface area contributed by atoms with E-state index in [0.29, 0.717) is 22.5 Å². The number of carbonyl (C=O) groups excluding carboxylic acids is 1. The van der Waals surface area contributed by atoms with E-state index < -0.39 is 5.25 Å². The van der Waals surface area contributed by atoms with Gasteiger partial charge in [0, 0.05) is 18.4 Å². The minimum atomic E-state index is -0.413. The lowest BCUT2D eigenvalue weighted by molar-refractivity contribution is -0.115. The minimum Gasteiger partial charge on any atom is -0.497 e. The highest BCUT2D eigenvalue weighted by Gasteiger charge is 2.25. The van der Waals surface area contributed by atoms with Gasteiger partial charge in [-0.15, -0.1) is 10.2 Å². The summed E-state index contributed by atoms with van der Waals surface area (Å²) in [4.78, 5) is 16.8. The van der Waals surface area contributed by atoms with Crippen LogP contribution in [0.1, 0.15) is 19.8 Å². The number of rotatable bonds is 8. The van der Waals surface area contributed by atoms with Crippen LogP contribution in [0.5, 0.6) is 5.75 Å². The molecule has 4 rings (SSSR count). The molecule has 1 fully saturated rings. The van der Waals surface area contributed by atoms with Crippen molar-refractivity contribution in [3.8, 4) is 17.1 Å². The van der Waals surface area contributed by atoms with E-state index in [0.717, 1.165) is 36.6 Å². The fourth-order valence-electron chi connectivity index (χ4n) is 3.38. The molecule has 8 nitrogen and oxygen atoms in total. The van der Waals surface area contributed by atoms with Crippen molar-refractivity contribution in [3.63, 3.8) is 0 Å². The number of amides is 1. The van der Waals surface area contributed by atoms with Crippen molar-refractivity contribution in [1.82, 2.24) is 19.7 Å². The molecule has 1 aliphatic heterocycles.